The van der Waals surface area contributed by atoms with Gasteiger partial charge in [-0.3, -0.25) is 19.9 Å². The molecule has 0 aliphatic carbocycles. The highest BCUT2D eigenvalue weighted by Gasteiger charge is 2.30. The first-order valence-corrected chi connectivity index (χ1v) is 12.9. The summed E-state index contributed by atoms with van der Waals surface area (Å²) in [7, 11) is 0. The number of fused-ring (bicyclic) bond motifs is 1. The van der Waals surface area contributed by atoms with Crippen LogP contribution in [0, 0.1) is 6.92 Å². The average Bonchev–Trinajstić information content (AvgIpc) is 3.51. The minimum absolute atomic E-state index is 0.0740. The van der Waals surface area contributed by atoms with E-state index in [2.05, 4.69) is 36.3 Å². The van der Waals surface area contributed by atoms with Gasteiger partial charge in [0.1, 0.15) is 10.6 Å². The predicted octanol–water partition coefficient (Wildman–Crippen LogP) is 5.56. The first-order chi connectivity index (χ1) is 17.2. The molecule has 0 unspecified atom stereocenters. The Bertz CT molecular complexity index is 1390. The van der Waals surface area contributed by atoms with Crippen LogP contribution < -0.4 is 5.32 Å². The molecule has 1 aliphatic heterocycles. The molecule has 36 heavy (non-hydrogen) atoms. The Balaban J connectivity index is 1.29. The third kappa shape index (κ3) is 4.88. The first-order valence-electron chi connectivity index (χ1n) is 12.1. The van der Waals surface area contributed by atoms with Gasteiger partial charge in [0.2, 0.25) is 5.13 Å². The standard InChI is InChI=1S/C27H29N5O3S/c1-16-9-10-19(23(33)29-26-31-30-25(36-26)27(2,3)4)22(28-16)17-11-13-32(14-12-17)24(34)21-15-18-7-5-6-8-20(18)35-21/h5-10,15,17H,11-14H2,1-4H3,(H,29,31,33). The number of likely N-dealkylation sites (tertiary alicyclic amines) is 1. The molecule has 9 heteroatoms. The summed E-state index contributed by atoms with van der Waals surface area (Å²) < 4.78 is 5.77. The molecule has 186 valence electrons. The van der Waals surface area contributed by atoms with Crippen molar-refractivity contribution in [2.45, 2.75) is 51.9 Å². The summed E-state index contributed by atoms with van der Waals surface area (Å²) in [4.78, 5) is 32.8. The van der Waals surface area contributed by atoms with Gasteiger partial charge in [0, 0.05) is 35.5 Å². The molecule has 2 amide bonds. The van der Waals surface area contributed by atoms with E-state index in [4.69, 9.17) is 9.40 Å². The molecule has 0 atom stereocenters. The number of hydrogen-bond donors (Lipinski definition) is 1. The lowest BCUT2D eigenvalue weighted by Crippen LogP contribution is -2.38. The number of furan rings is 1. The van der Waals surface area contributed by atoms with Crippen molar-refractivity contribution >= 4 is 39.3 Å². The number of rotatable bonds is 4. The fourth-order valence-corrected chi connectivity index (χ4v) is 5.22. The Labute approximate surface area is 213 Å². The highest BCUT2D eigenvalue weighted by Crippen LogP contribution is 2.32. The molecule has 1 aliphatic rings. The Hall–Kier alpha value is -3.59. The second-order valence-corrected chi connectivity index (χ2v) is 11.2. The van der Waals surface area contributed by atoms with Crippen molar-refractivity contribution in [1.82, 2.24) is 20.1 Å². The largest absolute Gasteiger partial charge is 0.451 e. The topological polar surface area (TPSA) is 101 Å². The number of anilines is 1. The number of carbonyl (C=O) groups excluding carboxylic acids is 2. The van der Waals surface area contributed by atoms with E-state index in [1.165, 1.54) is 11.3 Å². The molecular formula is C27H29N5O3S. The highest BCUT2D eigenvalue weighted by atomic mass is 32.1. The van der Waals surface area contributed by atoms with E-state index in [0.29, 0.717) is 35.1 Å². The van der Waals surface area contributed by atoms with Crippen LogP contribution in [0.5, 0.6) is 0 Å². The number of aryl methyl sites for hydroxylation is 1. The van der Waals surface area contributed by atoms with E-state index in [1.54, 1.807) is 6.07 Å². The summed E-state index contributed by atoms with van der Waals surface area (Å²) in [6, 6.07) is 13.1. The second kappa shape index (κ2) is 9.46. The first kappa shape index (κ1) is 24.1. The zero-order valence-electron chi connectivity index (χ0n) is 20.9. The lowest BCUT2D eigenvalue weighted by atomic mass is 9.89. The molecule has 3 aromatic heterocycles. The van der Waals surface area contributed by atoms with E-state index >= 15 is 0 Å². The number of piperidine rings is 1. The van der Waals surface area contributed by atoms with Crippen LogP contribution in [0.1, 0.15) is 76.8 Å². The van der Waals surface area contributed by atoms with Crippen LogP contribution in [0.2, 0.25) is 0 Å². The Morgan fingerprint density at radius 2 is 1.83 bits per heavy atom. The molecule has 5 rings (SSSR count). The molecule has 0 bridgehead atoms. The van der Waals surface area contributed by atoms with E-state index in [-0.39, 0.29) is 23.1 Å². The van der Waals surface area contributed by atoms with Gasteiger partial charge >= 0.3 is 0 Å². The predicted molar refractivity (Wildman–Crippen MR) is 140 cm³/mol. The molecule has 0 radical (unpaired) electrons. The molecule has 8 nitrogen and oxygen atoms in total. The Kier molecular flexibility index (Phi) is 6.34. The van der Waals surface area contributed by atoms with Gasteiger partial charge in [0.25, 0.3) is 11.8 Å². The summed E-state index contributed by atoms with van der Waals surface area (Å²) in [6.45, 7) is 9.25. The normalized spacial score (nSPS) is 14.8. The minimum atomic E-state index is -0.241. The van der Waals surface area contributed by atoms with Crippen LogP contribution in [0.15, 0.2) is 46.9 Å². The number of para-hydroxylation sites is 1. The van der Waals surface area contributed by atoms with Crippen LogP contribution in [-0.2, 0) is 5.41 Å². The zero-order chi connectivity index (χ0) is 25.4. The van der Waals surface area contributed by atoms with Crippen molar-refractivity contribution in [3.63, 3.8) is 0 Å². The van der Waals surface area contributed by atoms with Crippen LogP contribution in [-0.4, -0.2) is 45.0 Å². The maximum absolute atomic E-state index is 13.2. The lowest BCUT2D eigenvalue weighted by Gasteiger charge is -2.32. The lowest BCUT2D eigenvalue weighted by molar-refractivity contribution is 0.0681. The Morgan fingerprint density at radius 3 is 2.53 bits per heavy atom. The van der Waals surface area contributed by atoms with Crippen molar-refractivity contribution in [2.75, 3.05) is 18.4 Å². The van der Waals surface area contributed by atoms with E-state index < -0.39 is 0 Å². The van der Waals surface area contributed by atoms with Gasteiger partial charge in [-0.1, -0.05) is 50.3 Å². The van der Waals surface area contributed by atoms with Crippen LogP contribution in [0.3, 0.4) is 0 Å². The van der Waals surface area contributed by atoms with Crippen molar-refractivity contribution in [3.05, 3.63) is 70.2 Å². The second-order valence-electron chi connectivity index (χ2n) is 10.2. The highest BCUT2D eigenvalue weighted by molar-refractivity contribution is 7.15. The molecule has 0 saturated carbocycles. The maximum Gasteiger partial charge on any atom is 0.289 e. The minimum Gasteiger partial charge on any atom is -0.451 e. The molecule has 4 heterocycles. The number of amides is 2. The van der Waals surface area contributed by atoms with Gasteiger partial charge in [0.05, 0.1) is 11.3 Å². The van der Waals surface area contributed by atoms with E-state index in [1.807, 2.05) is 48.2 Å². The van der Waals surface area contributed by atoms with Gasteiger partial charge in [0.15, 0.2) is 5.76 Å². The summed E-state index contributed by atoms with van der Waals surface area (Å²) in [6.07, 6.45) is 1.44. The molecule has 1 saturated heterocycles. The van der Waals surface area contributed by atoms with E-state index in [0.717, 1.165) is 34.6 Å². The van der Waals surface area contributed by atoms with Crippen LogP contribution >= 0.6 is 11.3 Å². The van der Waals surface area contributed by atoms with Crippen LogP contribution in [0.4, 0.5) is 5.13 Å². The summed E-state index contributed by atoms with van der Waals surface area (Å²) in [5, 5.41) is 13.5. The van der Waals surface area contributed by atoms with Gasteiger partial charge in [-0.15, -0.1) is 10.2 Å². The van der Waals surface area contributed by atoms with Crippen molar-refractivity contribution in [3.8, 4) is 0 Å². The molecule has 1 N–H and O–H groups in total. The monoisotopic (exact) mass is 503 g/mol. The number of benzene rings is 1. The number of pyridine rings is 1. The van der Waals surface area contributed by atoms with Gasteiger partial charge < -0.3 is 9.32 Å². The smallest absolute Gasteiger partial charge is 0.289 e. The summed E-state index contributed by atoms with van der Waals surface area (Å²) in [5.74, 6) is 0.0839. The fourth-order valence-electron chi connectivity index (χ4n) is 4.42. The Morgan fingerprint density at radius 1 is 1.08 bits per heavy atom. The third-order valence-electron chi connectivity index (χ3n) is 6.40. The average molecular weight is 504 g/mol. The number of hydrogen-bond acceptors (Lipinski definition) is 7. The number of nitrogens with zero attached hydrogens (tertiary/aromatic N) is 4. The van der Waals surface area contributed by atoms with Gasteiger partial charge in [-0.2, -0.15) is 0 Å². The number of carbonyl (C=O) groups is 2. The van der Waals surface area contributed by atoms with Crippen molar-refractivity contribution < 1.29 is 14.0 Å². The van der Waals surface area contributed by atoms with E-state index in [9.17, 15) is 9.59 Å². The summed E-state index contributed by atoms with van der Waals surface area (Å²) in [5.41, 5.74) is 2.73. The maximum atomic E-state index is 13.2. The molecular weight excluding hydrogens is 474 g/mol. The summed E-state index contributed by atoms with van der Waals surface area (Å²) >= 11 is 1.38. The quantitative estimate of drug-likeness (QED) is 0.391. The SMILES string of the molecule is Cc1ccc(C(=O)Nc2nnc(C(C)(C)C)s2)c(C2CCN(C(=O)c3cc4ccccc4o3)CC2)n1. The molecule has 1 aromatic carbocycles. The number of nitrogens with one attached hydrogen (secondary N) is 1. The molecule has 1 fully saturated rings. The van der Waals surface area contributed by atoms with Gasteiger partial charge in [-0.05, 0) is 44.0 Å². The van der Waals surface area contributed by atoms with Gasteiger partial charge in [-0.25, -0.2) is 0 Å². The van der Waals surface area contributed by atoms with Crippen molar-refractivity contribution in [2.24, 2.45) is 0 Å². The fraction of sp³-hybridized carbons (Fsp3) is 0.370. The zero-order valence-corrected chi connectivity index (χ0v) is 21.7. The van der Waals surface area contributed by atoms with Crippen LogP contribution in [0.25, 0.3) is 11.0 Å². The molecule has 4 aromatic rings. The molecule has 0 spiro atoms. The third-order valence-corrected chi connectivity index (χ3v) is 7.67. The number of aromatic nitrogens is 3. The van der Waals surface area contributed by atoms with Crippen molar-refractivity contribution in [1.29, 1.82) is 0 Å².